The zero-order valence-corrected chi connectivity index (χ0v) is 16.4. The highest BCUT2D eigenvalue weighted by Crippen LogP contribution is 2.19. The van der Waals surface area contributed by atoms with Gasteiger partial charge in [0.05, 0.1) is 0 Å². The highest BCUT2D eigenvalue weighted by atomic mass is 16.5. The molecular weight excluding hydrogens is 368 g/mol. The minimum absolute atomic E-state index is 0.0209. The molecule has 0 N–H and O–H groups in total. The van der Waals surface area contributed by atoms with Crippen molar-refractivity contribution in [3.63, 3.8) is 0 Å². The van der Waals surface area contributed by atoms with Gasteiger partial charge in [-0.05, 0) is 22.3 Å². The van der Waals surface area contributed by atoms with Gasteiger partial charge in [0.15, 0.2) is 0 Å². The van der Waals surface area contributed by atoms with E-state index in [0.717, 1.165) is 0 Å². The molecular formula is C20H24O8. The molecule has 0 aromatic heterocycles. The van der Waals surface area contributed by atoms with Crippen molar-refractivity contribution in [3.8, 4) is 0 Å². The van der Waals surface area contributed by atoms with Gasteiger partial charge in [0.2, 0.25) is 0 Å². The van der Waals surface area contributed by atoms with E-state index >= 15 is 0 Å². The third-order valence-corrected chi connectivity index (χ3v) is 3.52. The molecule has 152 valence electrons. The minimum Gasteiger partial charge on any atom is -0.461 e. The lowest BCUT2D eigenvalue weighted by atomic mass is 10.00. The van der Waals surface area contributed by atoms with Crippen LogP contribution in [0.15, 0.2) is 46.6 Å². The Balaban J connectivity index is 3.22. The average molecular weight is 392 g/mol. The molecule has 0 aromatic rings. The van der Waals surface area contributed by atoms with Crippen molar-refractivity contribution >= 4 is 23.9 Å². The molecule has 0 aliphatic heterocycles. The highest BCUT2D eigenvalue weighted by Gasteiger charge is 2.13. The lowest BCUT2D eigenvalue weighted by molar-refractivity contribution is -0.141. The fraction of sp³-hybridized carbons (Fsp3) is 0.400. The van der Waals surface area contributed by atoms with E-state index in [9.17, 15) is 19.2 Å². The lowest BCUT2D eigenvalue weighted by Crippen LogP contribution is -2.12. The molecule has 0 spiro atoms. The summed E-state index contributed by atoms with van der Waals surface area (Å²) < 4.78 is 20.2. The summed E-state index contributed by atoms with van der Waals surface area (Å²) in [7, 11) is 0. The van der Waals surface area contributed by atoms with Crippen molar-refractivity contribution in [3.05, 3.63) is 46.6 Å². The Morgan fingerprint density at radius 1 is 0.500 bits per heavy atom. The van der Waals surface area contributed by atoms with Gasteiger partial charge in [-0.25, -0.2) is 0 Å². The van der Waals surface area contributed by atoms with Crippen molar-refractivity contribution in [2.75, 3.05) is 26.4 Å². The summed E-state index contributed by atoms with van der Waals surface area (Å²) >= 11 is 0. The molecule has 0 bridgehead atoms. The number of hydrogen-bond donors (Lipinski definition) is 0. The maximum Gasteiger partial charge on any atom is 0.302 e. The van der Waals surface area contributed by atoms with E-state index in [1.807, 2.05) is 0 Å². The first kappa shape index (κ1) is 22.9. The second kappa shape index (κ2) is 11.5. The minimum atomic E-state index is -0.454. The first-order valence-corrected chi connectivity index (χ1v) is 8.52. The summed E-state index contributed by atoms with van der Waals surface area (Å²) in [6.45, 7) is 5.08. The van der Waals surface area contributed by atoms with Crippen molar-refractivity contribution in [1.82, 2.24) is 0 Å². The van der Waals surface area contributed by atoms with Gasteiger partial charge in [-0.2, -0.15) is 0 Å². The Morgan fingerprint density at radius 3 is 0.821 bits per heavy atom. The SMILES string of the molecule is CC(=O)OCC1=C(COC(C)=O)/C=C\C(COC(C)=O)=C(\COC(C)=O)C=C1. The Labute approximate surface area is 163 Å². The summed E-state index contributed by atoms with van der Waals surface area (Å²) in [5.74, 6) is -1.81. The number of carbonyl (C=O) groups excluding carboxylic acids is 4. The third kappa shape index (κ3) is 8.98. The van der Waals surface area contributed by atoms with Crippen LogP contribution in [0.5, 0.6) is 0 Å². The van der Waals surface area contributed by atoms with Crippen molar-refractivity contribution in [2.45, 2.75) is 27.7 Å². The molecule has 28 heavy (non-hydrogen) atoms. The molecule has 0 radical (unpaired) electrons. The van der Waals surface area contributed by atoms with E-state index in [4.69, 9.17) is 18.9 Å². The zero-order valence-electron chi connectivity index (χ0n) is 16.4. The van der Waals surface area contributed by atoms with Gasteiger partial charge in [-0.15, -0.1) is 0 Å². The van der Waals surface area contributed by atoms with Crippen LogP contribution < -0.4 is 0 Å². The zero-order chi connectivity index (χ0) is 21.1. The van der Waals surface area contributed by atoms with E-state index in [1.54, 1.807) is 24.3 Å². The molecule has 1 aliphatic carbocycles. The first-order chi connectivity index (χ1) is 13.2. The Morgan fingerprint density at radius 2 is 0.679 bits per heavy atom. The molecule has 0 saturated carbocycles. The fourth-order valence-electron chi connectivity index (χ4n) is 2.11. The Kier molecular flexibility index (Phi) is 9.42. The molecule has 0 heterocycles. The molecule has 0 aromatic carbocycles. The number of ether oxygens (including phenoxy) is 4. The standard InChI is InChI=1S/C20H24O8/c1-13(21)25-9-17-5-6-19(11-27-15(3)23)20(12-28-16(4)24)8-7-18(17)10-26-14(2)22/h5-8H,9-12H2,1-4H3/b6-5-,8-7?,17-5?,18-7?,18-17-,19-6?,20-8?,20-19?. The summed E-state index contributed by atoms with van der Waals surface area (Å²) in [5, 5.41) is 0. The monoisotopic (exact) mass is 392 g/mol. The van der Waals surface area contributed by atoms with Gasteiger partial charge in [0.1, 0.15) is 26.4 Å². The number of carbonyl (C=O) groups is 4. The summed E-state index contributed by atoms with van der Waals surface area (Å²) in [6, 6.07) is 0. The van der Waals surface area contributed by atoms with E-state index in [2.05, 4.69) is 0 Å². The van der Waals surface area contributed by atoms with E-state index < -0.39 is 23.9 Å². The molecule has 1 rings (SSSR count). The maximum absolute atomic E-state index is 11.2. The number of hydrogen-bond acceptors (Lipinski definition) is 8. The molecule has 8 nitrogen and oxygen atoms in total. The van der Waals surface area contributed by atoms with E-state index in [0.29, 0.717) is 22.3 Å². The quantitative estimate of drug-likeness (QED) is 0.456. The smallest absolute Gasteiger partial charge is 0.302 e. The van der Waals surface area contributed by atoms with Gasteiger partial charge in [0.25, 0.3) is 0 Å². The second-order valence-electron chi connectivity index (χ2n) is 5.89. The van der Waals surface area contributed by atoms with Gasteiger partial charge < -0.3 is 18.9 Å². The van der Waals surface area contributed by atoms with E-state index in [-0.39, 0.29) is 26.4 Å². The van der Waals surface area contributed by atoms with Crippen molar-refractivity contribution < 1.29 is 38.1 Å². The van der Waals surface area contributed by atoms with Crippen LogP contribution in [0.2, 0.25) is 0 Å². The normalized spacial score (nSPS) is 17.3. The number of rotatable bonds is 8. The van der Waals surface area contributed by atoms with Crippen LogP contribution in [0, 0.1) is 0 Å². The maximum atomic E-state index is 11.2. The Bertz CT molecular complexity index is 628. The van der Waals surface area contributed by atoms with E-state index in [1.165, 1.54) is 27.7 Å². The van der Waals surface area contributed by atoms with Crippen LogP contribution in [0.3, 0.4) is 0 Å². The van der Waals surface area contributed by atoms with Crippen LogP contribution >= 0.6 is 0 Å². The summed E-state index contributed by atoms with van der Waals surface area (Å²) in [6.07, 6.45) is 6.71. The Hall–Kier alpha value is -3.16. The van der Waals surface area contributed by atoms with Gasteiger partial charge >= 0.3 is 23.9 Å². The second-order valence-corrected chi connectivity index (χ2v) is 5.89. The molecule has 0 unspecified atom stereocenters. The van der Waals surface area contributed by atoms with Gasteiger partial charge in [0, 0.05) is 27.7 Å². The van der Waals surface area contributed by atoms with Crippen molar-refractivity contribution in [1.29, 1.82) is 0 Å². The topological polar surface area (TPSA) is 105 Å². The summed E-state index contributed by atoms with van der Waals surface area (Å²) in [4.78, 5) is 44.7. The lowest BCUT2D eigenvalue weighted by Gasteiger charge is -2.15. The van der Waals surface area contributed by atoms with Gasteiger partial charge in [-0.3, -0.25) is 19.2 Å². The first-order valence-electron chi connectivity index (χ1n) is 8.52. The molecule has 8 heteroatoms. The fourth-order valence-corrected chi connectivity index (χ4v) is 2.11. The predicted molar refractivity (Wildman–Crippen MR) is 98.9 cm³/mol. The molecule has 1 aliphatic rings. The molecule has 0 atom stereocenters. The van der Waals surface area contributed by atoms with Crippen LogP contribution in [-0.2, 0) is 38.1 Å². The predicted octanol–water partition coefficient (Wildman–Crippen LogP) is 1.96. The molecule has 0 amide bonds. The third-order valence-electron chi connectivity index (χ3n) is 3.52. The average Bonchev–Trinajstić information content (AvgIpc) is 2.58. The van der Waals surface area contributed by atoms with Crippen LogP contribution in [0.4, 0.5) is 0 Å². The summed E-state index contributed by atoms with van der Waals surface area (Å²) in [5.41, 5.74) is 2.44. The molecule has 0 fully saturated rings. The van der Waals surface area contributed by atoms with Crippen LogP contribution in [0.1, 0.15) is 27.7 Å². The van der Waals surface area contributed by atoms with Crippen LogP contribution in [0.25, 0.3) is 0 Å². The van der Waals surface area contributed by atoms with Gasteiger partial charge in [-0.1, -0.05) is 24.3 Å². The van der Waals surface area contributed by atoms with Crippen LogP contribution in [-0.4, -0.2) is 50.3 Å². The highest BCUT2D eigenvalue weighted by molar-refractivity contribution is 5.68. The molecule has 0 saturated heterocycles. The largest absolute Gasteiger partial charge is 0.461 e. The van der Waals surface area contributed by atoms with Crippen molar-refractivity contribution in [2.24, 2.45) is 0 Å². The number of esters is 4.